The largest absolute Gasteiger partial charge is 0.396 e. The summed E-state index contributed by atoms with van der Waals surface area (Å²) >= 11 is 0. The van der Waals surface area contributed by atoms with Crippen molar-refractivity contribution in [2.45, 2.75) is 0 Å². The first-order chi connectivity index (χ1) is 4.35. The van der Waals surface area contributed by atoms with Gasteiger partial charge in [-0.05, 0) is 5.53 Å². The second-order valence-corrected chi connectivity index (χ2v) is 1.64. The van der Waals surface area contributed by atoms with Gasteiger partial charge in [0.25, 0.3) is 0 Å². The smallest absolute Gasteiger partial charge is 0.0482 e. The van der Waals surface area contributed by atoms with Crippen molar-refractivity contribution < 1.29 is 10.2 Å². The van der Waals surface area contributed by atoms with Gasteiger partial charge in [-0.1, -0.05) is 5.11 Å². The summed E-state index contributed by atoms with van der Waals surface area (Å²) in [5.41, 5.74) is 7.80. The van der Waals surface area contributed by atoms with Crippen LogP contribution in [0, 0.1) is 5.92 Å². The molecular weight excluding hydrogens is 122 g/mol. The van der Waals surface area contributed by atoms with Crippen LogP contribution >= 0.6 is 0 Å². The lowest BCUT2D eigenvalue weighted by molar-refractivity contribution is 0.155. The van der Waals surface area contributed by atoms with Crippen LogP contribution in [0.2, 0.25) is 0 Å². The Morgan fingerprint density at radius 3 is 2.33 bits per heavy atom. The van der Waals surface area contributed by atoms with Gasteiger partial charge in [-0.2, -0.15) is 0 Å². The van der Waals surface area contributed by atoms with E-state index in [4.69, 9.17) is 15.7 Å². The molecule has 0 unspecified atom stereocenters. The molecule has 0 radical (unpaired) electrons. The fraction of sp³-hybridized carbons (Fsp3) is 1.00. The molecule has 5 heteroatoms. The Morgan fingerprint density at radius 2 is 2.00 bits per heavy atom. The molecule has 0 amide bonds. The molecule has 0 rings (SSSR count). The van der Waals surface area contributed by atoms with Gasteiger partial charge in [0, 0.05) is 30.6 Å². The van der Waals surface area contributed by atoms with Gasteiger partial charge in [-0.3, -0.25) is 0 Å². The van der Waals surface area contributed by atoms with Gasteiger partial charge in [0.2, 0.25) is 0 Å². The molecule has 5 nitrogen and oxygen atoms in total. The minimum atomic E-state index is -0.305. The number of aliphatic hydroxyl groups excluding tert-OH is 2. The molecule has 52 valence electrons. The van der Waals surface area contributed by atoms with Crippen molar-refractivity contribution in [2.24, 2.45) is 11.0 Å². The first-order valence-electron chi connectivity index (χ1n) is 2.57. The summed E-state index contributed by atoms with van der Waals surface area (Å²) in [5, 5.41) is 20.0. The van der Waals surface area contributed by atoms with Crippen LogP contribution in [-0.2, 0) is 0 Å². The van der Waals surface area contributed by atoms with E-state index in [2.05, 4.69) is 10.0 Å². The monoisotopic (exact) mass is 131 g/mol. The molecule has 0 saturated carbocycles. The minimum absolute atomic E-state index is 0.143. The fourth-order valence-electron chi connectivity index (χ4n) is 0.325. The second kappa shape index (κ2) is 5.37. The van der Waals surface area contributed by atoms with Crippen LogP contribution in [0.15, 0.2) is 5.11 Å². The summed E-state index contributed by atoms with van der Waals surface area (Å²) in [6.45, 7) is -0.130. The quantitative estimate of drug-likeness (QED) is 0.317. The minimum Gasteiger partial charge on any atom is -0.396 e. The fourth-order valence-corrected chi connectivity index (χ4v) is 0.325. The van der Waals surface area contributed by atoms with Gasteiger partial charge in [0.1, 0.15) is 0 Å². The van der Waals surface area contributed by atoms with E-state index in [-0.39, 0.29) is 25.7 Å². The molecule has 0 heterocycles. The number of rotatable bonds is 4. The molecule has 0 aromatic heterocycles. The Morgan fingerprint density at radius 1 is 1.44 bits per heavy atom. The Hall–Kier alpha value is -0.770. The highest BCUT2D eigenvalue weighted by Gasteiger charge is 2.01. The van der Waals surface area contributed by atoms with E-state index in [0.29, 0.717) is 0 Å². The van der Waals surface area contributed by atoms with Crippen molar-refractivity contribution in [3.05, 3.63) is 10.4 Å². The van der Waals surface area contributed by atoms with E-state index in [1.807, 2.05) is 0 Å². The van der Waals surface area contributed by atoms with E-state index >= 15 is 0 Å². The third-order valence-corrected chi connectivity index (χ3v) is 0.919. The van der Waals surface area contributed by atoms with E-state index in [1.165, 1.54) is 0 Å². The molecule has 0 aliphatic carbocycles. The van der Waals surface area contributed by atoms with Gasteiger partial charge in [-0.15, -0.1) is 0 Å². The van der Waals surface area contributed by atoms with Crippen LogP contribution in [0.25, 0.3) is 10.4 Å². The molecule has 2 N–H and O–H groups in total. The summed E-state index contributed by atoms with van der Waals surface area (Å²) in [7, 11) is 0. The zero-order valence-electron chi connectivity index (χ0n) is 4.93. The Bertz CT molecular complexity index is 106. The summed E-state index contributed by atoms with van der Waals surface area (Å²) in [6.07, 6.45) is 0. The number of hydrogen-bond acceptors (Lipinski definition) is 3. The molecule has 0 fully saturated rings. The lowest BCUT2D eigenvalue weighted by Gasteiger charge is -2.03. The standard InChI is InChI=1S/C4H9N3O2/c5-7-6-1-4(2-8)3-9/h4,8-9H,1-3H2. The average molecular weight is 131 g/mol. The summed E-state index contributed by atoms with van der Waals surface area (Å²) in [6, 6.07) is 0. The normalized spacial score (nSPS) is 9.22. The number of nitrogens with zero attached hydrogens (tertiary/aromatic N) is 3. The third-order valence-electron chi connectivity index (χ3n) is 0.919. The van der Waals surface area contributed by atoms with Crippen LogP contribution < -0.4 is 0 Å². The van der Waals surface area contributed by atoms with Gasteiger partial charge >= 0.3 is 0 Å². The molecule has 0 aliphatic rings. The molecule has 0 aliphatic heterocycles. The predicted molar refractivity (Wildman–Crippen MR) is 31.7 cm³/mol. The van der Waals surface area contributed by atoms with E-state index in [0.717, 1.165) is 0 Å². The maximum Gasteiger partial charge on any atom is 0.0482 e. The van der Waals surface area contributed by atoms with Crippen molar-refractivity contribution in [2.75, 3.05) is 19.8 Å². The first-order valence-corrected chi connectivity index (χ1v) is 2.57. The second-order valence-electron chi connectivity index (χ2n) is 1.64. The van der Waals surface area contributed by atoms with Crippen LogP contribution in [0.1, 0.15) is 0 Å². The molecule has 0 saturated heterocycles. The molecule has 0 atom stereocenters. The van der Waals surface area contributed by atoms with Crippen molar-refractivity contribution in [3.63, 3.8) is 0 Å². The van der Waals surface area contributed by atoms with Gasteiger partial charge in [0.05, 0.1) is 0 Å². The van der Waals surface area contributed by atoms with Crippen molar-refractivity contribution >= 4 is 0 Å². The third kappa shape index (κ3) is 3.78. The maximum atomic E-state index is 8.41. The number of hydrogen-bond donors (Lipinski definition) is 2. The maximum absolute atomic E-state index is 8.41. The average Bonchev–Trinajstić information content (AvgIpc) is 1.91. The Labute approximate surface area is 52.6 Å². The van der Waals surface area contributed by atoms with Gasteiger partial charge in [-0.25, -0.2) is 0 Å². The van der Waals surface area contributed by atoms with Crippen LogP contribution in [-0.4, -0.2) is 30.0 Å². The lowest BCUT2D eigenvalue weighted by Crippen LogP contribution is -2.13. The molecule has 0 spiro atoms. The molecule has 0 aromatic rings. The summed E-state index contributed by atoms with van der Waals surface area (Å²) in [4.78, 5) is 2.47. The summed E-state index contributed by atoms with van der Waals surface area (Å²) in [5.74, 6) is -0.305. The van der Waals surface area contributed by atoms with E-state index < -0.39 is 0 Å². The van der Waals surface area contributed by atoms with Crippen molar-refractivity contribution in [3.8, 4) is 0 Å². The molecule has 9 heavy (non-hydrogen) atoms. The zero-order valence-corrected chi connectivity index (χ0v) is 4.93. The zero-order chi connectivity index (χ0) is 7.11. The van der Waals surface area contributed by atoms with Gasteiger partial charge < -0.3 is 10.2 Å². The van der Waals surface area contributed by atoms with Gasteiger partial charge in [0.15, 0.2) is 0 Å². The van der Waals surface area contributed by atoms with Crippen LogP contribution in [0.3, 0.4) is 0 Å². The number of aliphatic hydroxyl groups is 2. The summed E-state index contributed by atoms with van der Waals surface area (Å²) < 4.78 is 0. The molecule has 0 bridgehead atoms. The number of azide groups is 1. The SMILES string of the molecule is [N-]=[N+]=NCC(CO)CO. The predicted octanol–water partition coefficient (Wildman–Crippen LogP) is -0.103. The van der Waals surface area contributed by atoms with Crippen molar-refractivity contribution in [1.29, 1.82) is 0 Å². The van der Waals surface area contributed by atoms with Crippen LogP contribution in [0.4, 0.5) is 0 Å². The van der Waals surface area contributed by atoms with Crippen molar-refractivity contribution in [1.82, 2.24) is 0 Å². The highest BCUT2D eigenvalue weighted by Crippen LogP contribution is 1.92. The molecular formula is C4H9N3O2. The van der Waals surface area contributed by atoms with E-state index in [9.17, 15) is 0 Å². The highest BCUT2D eigenvalue weighted by molar-refractivity contribution is 4.58. The molecule has 0 aromatic carbocycles. The Balaban J connectivity index is 3.42. The lowest BCUT2D eigenvalue weighted by atomic mass is 10.2. The topological polar surface area (TPSA) is 89.2 Å². The first kappa shape index (κ1) is 8.23. The highest BCUT2D eigenvalue weighted by atomic mass is 16.3. The Kier molecular flexibility index (Phi) is 4.91. The van der Waals surface area contributed by atoms with E-state index in [1.54, 1.807) is 0 Å². The van der Waals surface area contributed by atoms with Crippen LogP contribution in [0.5, 0.6) is 0 Å².